The summed E-state index contributed by atoms with van der Waals surface area (Å²) in [5.41, 5.74) is 0.531. The fraction of sp³-hybridized carbons (Fsp3) is 0.385. The fourth-order valence-electron chi connectivity index (χ4n) is 2.95. The summed E-state index contributed by atoms with van der Waals surface area (Å²) in [6, 6.07) is 11.1. The fourth-order valence-corrected chi connectivity index (χ4v) is 4.29. The lowest BCUT2D eigenvalue weighted by Gasteiger charge is -2.07. The second kappa shape index (κ2) is 3.46. The van der Waals surface area contributed by atoms with Crippen LogP contribution in [0, 0.1) is 5.92 Å². The molecule has 0 bridgehead atoms. The highest BCUT2D eigenvalue weighted by atomic mass is 35.5. The van der Waals surface area contributed by atoms with E-state index < -0.39 is 0 Å². The van der Waals surface area contributed by atoms with Gasteiger partial charge in [0.1, 0.15) is 0 Å². The number of hydrogen-bond donors (Lipinski definition) is 1. The lowest BCUT2D eigenvalue weighted by molar-refractivity contribution is 0.686. The standard InChI is InChI=1S/C13H13NS.ClH/c1-2-4-11-9(3-1)5-12(15-11)13-6-10(13)7-14-8-13;/h1-5,10,14H,6-8H2;1H/t10-,13-;/m1./s1. The molecule has 84 valence electrons. The summed E-state index contributed by atoms with van der Waals surface area (Å²) < 4.78 is 1.44. The van der Waals surface area contributed by atoms with Crippen molar-refractivity contribution >= 4 is 33.8 Å². The molecule has 2 aliphatic rings. The quantitative estimate of drug-likeness (QED) is 0.821. The summed E-state index contributed by atoms with van der Waals surface area (Å²) in [5.74, 6) is 0.922. The zero-order valence-electron chi connectivity index (χ0n) is 8.90. The van der Waals surface area contributed by atoms with Crippen LogP contribution in [-0.4, -0.2) is 13.1 Å². The Balaban J connectivity index is 0.000000810. The molecule has 1 aromatic carbocycles. The number of rotatable bonds is 1. The van der Waals surface area contributed by atoms with E-state index in [1.165, 1.54) is 29.6 Å². The predicted octanol–water partition coefficient (Wildman–Crippen LogP) is 3.18. The van der Waals surface area contributed by atoms with Gasteiger partial charge in [-0.15, -0.1) is 23.7 Å². The molecule has 2 atom stereocenters. The first-order valence-corrected chi connectivity index (χ1v) is 6.40. The van der Waals surface area contributed by atoms with Crippen molar-refractivity contribution in [2.24, 2.45) is 5.92 Å². The zero-order valence-corrected chi connectivity index (χ0v) is 10.5. The van der Waals surface area contributed by atoms with Gasteiger partial charge in [0.05, 0.1) is 0 Å². The Morgan fingerprint density at radius 3 is 2.88 bits per heavy atom. The molecule has 1 aliphatic heterocycles. The molecule has 0 spiro atoms. The summed E-state index contributed by atoms with van der Waals surface area (Å²) in [5, 5.41) is 4.93. The Morgan fingerprint density at radius 1 is 1.31 bits per heavy atom. The van der Waals surface area contributed by atoms with E-state index >= 15 is 0 Å². The summed E-state index contributed by atoms with van der Waals surface area (Å²) in [6.45, 7) is 2.43. The third-order valence-electron chi connectivity index (χ3n) is 3.98. The molecule has 2 fully saturated rings. The SMILES string of the molecule is Cl.c1ccc2sc([C@]34CNC[C@H]3C4)cc2c1. The number of benzene rings is 1. The van der Waals surface area contributed by atoms with E-state index in [1.54, 1.807) is 4.88 Å². The van der Waals surface area contributed by atoms with E-state index in [9.17, 15) is 0 Å². The van der Waals surface area contributed by atoms with E-state index in [0.717, 1.165) is 5.92 Å². The molecule has 1 N–H and O–H groups in total. The minimum Gasteiger partial charge on any atom is -0.315 e. The van der Waals surface area contributed by atoms with Gasteiger partial charge < -0.3 is 5.32 Å². The number of halogens is 1. The Morgan fingerprint density at radius 2 is 2.19 bits per heavy atom. The van der Waals surface area contributed by atoms with Gasteiger partial charge in [0.15, 0.2) is 0 Å². The van der Waals surface area contributed by atoms with Gasteiger partial charge in [-0.05, 0) is 36.4 Å². The first-order chi connectivity index (χ1) is 7.38. The first-order valence-electron chi connectivity index (χ1n) is 5.58. The van der Waals surface area contributed by atoms with Gasteiger partial charge in [0.2, 0.25) is 0 Å². The highest BCUT2D eigenvalue weighted by Gasteiger charge is 2.58. The Bertz CT molecular complexity index is 502. The number of nitrogens with one attached hydrogen (secondary N) is 1. The number of fused-ring (bicyclic) bond motifs is 2. The summed E-state index contributed by atoms with van der Waals surface area (Å²) in [7, 11) is 0. The second-order valence-electron chi connectivity index (χ2n) is 4.84. The molecule has 0 unspecified atom stereocenters. The molecule has 1 aromatic heterocycles. The molecule has 4 rings (SSSR count). The van der Waals surface area contributed by atoms with Crippen LogP contribution in [0.15, 0.2) is 30.3 Å². The van der Waals surface area contributed by atoms with E-state index in [4.69, 9.17) is 0 Å². The van der Waals surface area contributed by atoms with Crippen molar-refractivity contribution in [1.82, 2.24) is 5.32 Å². The molecule has 1 nitrogen and oxygen atoms in total. The Labute approximate surface area is 105 Å². The molecule has 0 amide bonds. The van der Waals surface area contributed by atoms with Crippen LogP contribution in [0.4, 0.5) is 0 Å². The predicted molar refractivity (Wildman–Crippen MR) is 71.7 cm³/mol. The maximum absolute atomic E-state index is 3.51. The molecule has 16 heavy (non-hydrogen) atoms. The topological polar surface area (TPSA) is 12.0 Å². The van der Waals surface area contributed by atoms with E-state index in [0.29, 0.717) is 5.41 Å². The lowest BCUT2D eigenvalue weighted by atomic mass is 10.0. The highest BCUT2D eigenvalue weighted by molar-refractivity contribution is 7.19. The van der Waals surface area contributed by atoms with Crippen LogP contribution in [-0.2, 0) is 5.41 Å². The molecule has 0 radical (unpaired) electrons. The van der Waals surface area contributed by atoms with Crippen LogP contribution in [0.5, 0.6) is 0 Å². The first kappa shape index (κ1) is 10.6. The lowest BCUT2D eigenvalue weighted by Crippen LogP contribution is -2.18. The molecule has 2 aromatic rings. The summed E-state index contributed by atoms with van der Waals surface area (Å²) in [6.07, 6.45) is 1.41. The largest absolute Gasteiger partial charge is 0.315 e. The molecule has 2 heterocycles. The van der Waals surface area contributed by atoms with Gasteiger partial charge in [-0.25, -0.2) is 0 Å². The molecular formula is C13H14ClNS. The number of piperidine rings is 1. The van der Waals surface area contributed by atoms with Gasteiger partial charge in [0, 0.05) is 21.5 Å². The third-order valence-corrected chi connectivity index (χ3v) is 5.32. The van der Waals surface area contributed by atoms with Crippen LogP contribution >= 0.6 is 23.7 Å². The van der Waals surface area contributed by atoms with Crippen LogP contribution in [0.1, 0.15) is 11.3 Å². The third kappa shape index (κ3) is 1.27. The van der Waals surface area contributed by atoms with Crippen LogP contribution in [0.25, 0.3) is 10.1 Å². The Kier molecular flexibility index (Phi) is 2.29. The Hall–Kier alpha value is -0.570. The summed E-state index contributed by atoms with van der Waals surface area (Å²) >= 11 is 2.00. The average Bonchev–Trinajstić information content (AvgIpc) is 2.68. The van der Waals surface area contributed by atoms with Crippen molar-refractivity contribution in [3.63, 3.8) is 0 Å². The van der Waals surface area contributed by atoms with Crippen LogP contribution < -0.4 is 5.32 Å². The van der Waals surface area contributed by atoms with Crippen molar-refractivity contribution in [3.8, 4) is 0 Å². The molecule has 3 heteroatoms. The highest BCUT2D eigenvalue weighted by Crippen LogP contribution is 2.58. The number of hydrogen-bond acceptors (Lipinski definition) is 2. The normalized spacial score (nSPS) is 31.1. The monoisotopic (exact) mass is 251 g/mol. The van der Waals surface area contributed by atoms with Gasteiger partial charge in [-0.2, -0.15) is 0 Å². The van der Waals surface area contributed by atoms with Gasteiger partial charge in [-0.3, -0.25) is 0 Å². The van der Waals surface area contributed by atoms with Gasteiger partial charge in [0.25, 0.3) is 0 Å². The molecule has 1 saturated heterocycles. The molecule has 1 aliphatic carbocycles. The van der Waals surface area contributed by atoms with Crippen molar-refractivity contribution < 1.29 is 0 Å². The van der Waals surface area contributed by atoms with Crippen molar-refractivity contribution in [3.05, 3.63) is 35.2 Å². The van der Waals surface area contributed by atoms with Crippen LogP contribution in [0.3, 0.4) is 0 Å². The van der Waals surface area contributed by atoms with E-state index in [-0.39, 0.29) is 12.4 Å². The van der Waals surface area contributed by atoms with Crippen molar-refractivity contribution in [2.75, 3.05) is 13.1 Å². The maximum Gasteiger partial charge on any atom is 0.0345 e. The molecule has 1 saturated carbocycles. The van der Waals surface area contributed by atoms with Crippen LogP contribution in [0.2, 0.25) is 0 Å². The second-order valence-corrected chi connectivity index (χ2v) is 5.92. The minimum absolute atomic E-state index is 0. The van der Waals surface area contributed by atoms with Crippen molar-refractivity contribution in [2.45, 2.75) is 11.8 Å². The summed E-state index contributed by atoms with van der Waals surface area (Å²) in [4.78, 5) is 1.61. The van der Waals surface area contributed by atoms with Gasteiger partial charge >= 0.3 is 0 Å². The minimum atomic E-state index is 0. The zero-order chi connectivity index (χ0) is 9.88. The number of thiophene rings is 1. The maximum atomic E-state index is 3.51. The smallest absolute Gasteiger partial charge is 0.0345 e. The van der Waals surface area contributed by atoms with E-state index in [2.05, 4.69) is 35.6 Å². The molecular weight excluding hydrogens is 238 g/mol. The van der Waals surface area contributed by atoms with Crippen molar-refractivity contribution in [1.29, 1.82) is 0 Å². The average molecular weight is 252 g/mol. The van der Waals surface area contributed by atoms with E-state index in [1.807, 2.05) is 11.3 Å². The van der Waals surface area contributed by atoms with Gasteiger partial charge in [-0.1, -0.05) is 18.2 Å².